The number of benzene rings is 2. The predicted octanol–water partition coefficient (Wildman–Crippen LogP) is 5.40. The SMILES string of the molecule is CC(=O)N[C@H]1CCN(c2cc3c(NC(C)c4cccc(C(F)(F)F)c4C)nc(C)nc3cc2P(C)(C)=O)C1. The van der Waals surface area contributed by atoms with Crippen LogP contribution in [0.15, 0.2) is 30.3 Å². The number of fused-ring (bicyclic) bond motifs is 1. The van der Waals surface area contributed by atoms with Gasteiger partial charge in [-0.05, 0) is 69.8 Å². The van der Waals surface area contributed by atoms with Gasteiger partial charge in [0.1, 0.15) is 18.8 Å². The lowest BCUT2D eigenvalue weighted by atomic mass is 9.97. The maximum Gasteiger partial charge on any atom is 0.416 e. The molecule has 1 amide bonds. The summed E-state index contributed by atoms with van der Waals surface area (Å²) in [6.07, 6.45) is -3.68. The number of rotatable bonds is 6. The van der Waals surface area contributed by atoms with E-state index in [9.17, 15) is 22.5 Å². The third-order valence-electron chi connectivity index (χ3n) is 6.92. The van der Waals surface area contributed by atoms with Gasteiger partial charge in [0.25, 0.3) is 0 Å². The van der Waals surface area contributed by atoms with Crippen molar-refractivity contribution in [2.75, 3.05) is 36.6 Å². The van der Waals surface area contributed by atoms with Crippen molar-refractivity contribution in [3.05, 3.63) is 52.8 Å². The molecule has 2 aromatic carbocycles. The fourth-order valence-electron chi connectivity index (χ4n) is 5.16. The first kappa shape index (κ1) is 27.9. The molecule has 0 bridgehead atoms. The Morgan fingerprint density at radius 1 is 1.18 bits per heavy atom. The maximum absolute atomic E-state index is 13.5. The minimum Gasteiger partial charge on any atom is -0.369 e. The third-order valence-corrected chi connectivity index (χ3v) is 8.44. The second-order valence-corrected chi connectivity index (χ2v) is 13.5. The van der Waals surface area contributed by atoms with E-state index in [1.165, 1.54) is 19.9 Å². The smallest absolute Gasteiger partial charge is 0.369 e. The summed E-state index contributed by atoms with van der Waals surface area (Å²) in [6, 6.07) is 7.43. The number of alkyl halides is 3. The van der Waals surface area contributed by atoms with Gasteiger partial charge in [0.15, 0.2) is 0 Å². The van der Waals surface area contributed by atoms with Gasteiger partial charge in [-0.2, -0.15) is 13.2 Å². The van der Waals surface area contributed by atoms with Gasteiger partial charge in [-0.3, -0.25) is 4.79 Å². The molecule has 1 aliphatic rings. The fraction of sp³-hybridized carbons (Fsp3) is 0.444. The number of carbonyl (C=O) groups excluding carboxylic acids is 1. The van der Waals surface area contributed by atoms with Gasteiger partial charge < -0.3 is 20.1 Å². The topological polar surface area (TPSA) is 87.2 Å². The van der Waals surface area contributed by atoms with Gasteiger partial charge in [0, 0.05) is 42.4 Å². The molecule has 0 radical (unpaired) electrons. The Morgan fingerprint density at radius 2 is 1.89 bits per heavy atom. The standard InChI is InChI=1S/C27H33F3N5O2P/c1-15-20(8-7-9-22(15)27(28,29)30)16(2)31-26-21-12-24(35-11-10-19(14-35)34-18(4)36)25(38(5,6)37)13-23(21)32-17(3)33-26/h7-9,12-13,16,19H,10-11,14H2,1-6H3,(H,34,36)(H,31,32,33)/t16?,19-/m0/s1. The Hall–Kier alpha value is -3.13. The largest absolute Gasteiger partial charge is 0.416 e. The summed E-state index contributed by atoms with van der Waals surface area (Å²) in [5, 5.41) is 7.64. The lowest BCUT2D eigenvalue weighted by molar-refractivity contribution is -0.138. The van der Waals surface area contributed by atoms with Crippen molar-refractivity contribution >= 4 is 40.8 Å². The number of nitrogens with one attached hydrogen (secondary N) is 2. The summed E-state index contributed by atoms with van der Waals surface area (Å²) >= 11 is 0. The predicted molar refractivity (Wildman–Crippen MR) is 146 cm³/mol. The third kappa shape index (κ3) is 5.80. The number of nitrogens with zero attached hydrogens (tertiary/aromatic N) is 3. The van der Waals surface area contributed by atoms with Gasteiger partial charge in [-0.15, -0.1) is 0 Å². The molecule has 1 fully saturated rings. The zero-order chi connectivity index (χ0) is 28.0. The molecule has 38 heavy (non-hydrogen) atoms. The van der Waals surface area contributed by atoms with Gasteiger partial charge >= 0.3 is 6.18 Å². The van der Waals surface area contributed by atoms with Crippen molar-refractivity contribution in [3.63, 3.8) is 0 Å². The summed E-state index contributed by atoms with van der Waals surface area (Å²) in [6.45, 7) is 11.2. The van der Waals surface area contributed by atoms with Crippen LogP contribution in [-0.4, -0.2) is 48.3 Å². The van der Waals surface area contributed by atoms with Gasteiger partial charge in [-0.25, -0.2) is 9.97 Å². The highest BCUT2D eigenvalue weighted by Gasteiger charge is 2.33. The Morgan fingerprint density at radius 3 is 2.53 bits per heavy atom. The monoisotopic (exact) mass is 547 g/mol. The van der Waals surface area contributed by atoms with Crippen molar-refractivity contribution in [1.29, 1.82) is 0 Å². The van der Waals surface area contributed by atoms with E-state index in [4.69, 9.17) is 0 Å². The van der Waals surface area contributed by atoms with Crippen LogP contribution in [0.2, 0.25) is 0 Å². The van der Waals surface area contributed by atoms with E-state index in [1.54, 1.807) is 33.2 Å². The molecule has 0 saturated carbocycles. The average Bonchev–Trinajstić information content (AvgIpc) is 3.24. The van der Waals surface area contributed by atoms with Crippen LogP contribution >= 0.6 is 7.14 Å². The number of hydrogen-bond acceptors (Lipinski definition) is 6. The van der Waals surface area contributed by atoms with Crippen LogP contribution in [0.1, 0.15) is 48.8 Å². The molecule has 2 heterocycles. The molecule has 1 unspecified atom stereocenters. The van der Waals surface area contributed by atoms with Crippen LogP contribution in [-0.2, 0) is 15.5 Å². The molecule has 4 rings (SSSR count). The Bertz CT molecular complexity index is 1440. The maximum atomic E-state index is 13.5. The quantitative estimate of drug-likeness (QED) is 0.402. The van der Waals surface area contributed by atoms with Crippen molar-refractivity contribution < 1.29 is 22.5 Å². The summed E-state index contributed by atoms with van der Waals surface area (Å²) in [5.41, 5.74) is 1.41. The summed E-state index contributed by atoms with van der Waals surface area (Å²) < 4.78 is 53.9. The first-order valence-corrected chi connectivity index (χ1v) is 15.1. The Kier molecular flexibility index (Phi) is 7.49. The molecule has 0 spiro atoms. The lowest BCUT2D eigenvalue weighted by Crippen LogP contribution is -2.36. The number of hydrogen-bond donors (Lipinski definition) is 2. The number of anilines is 2. The molecule has 1 aliphatic heterocycles. The normalized spacial score (nSPS) is 17.1. The number of aryl methyl sites for hydroxylation is 1. The first-order valence-electron chi connectivity index (χ1n) is 12.5. The number of carbonyl (C=O) groups is 1. The highest BCUT2D eigenvalue weighted by atomic mass is 31.2. The van der Waals surface area contributed by atoms with Crippen LogP contribution in [0.25, 0.3) is 10.9 Å². The average molecular weight is 548 g/mol. The molecule has 3 aromatic rings. The van der Waals surface area contributed by atoms with E-state index in [0.717, 1.165) is 18.2 Å². The zero-order valence-corrected chi connectivity index (χ0v) is 23.3. The second-order valence-electron chi connectivity index (χ2n) is 10.3. The molecule has 11 heteroatoms. The molecule has 2 N–H and O–H groups in total. The van der Waals surface area contributed by atoms with Crippen LogP contribution in [0.3, 0.4) is 0 Å². The van der Waals surface area contributed by atoms with Crippen molar-refractivity contribution in [2.45, 2.75) is 52.4 Å². The molecule has 2 atom stereocenters. The van der Waals surface area contributed by atoms with E-state index in [1.807, 2.05) is 12.1 Å². The number of aromatic nitrogens is 2. The van der Waals surface area contributed by atoms with Gasteiger partial charge in [0.05, 0.1) is 17.1 Å². The molecule has 1 aromatic heterocycles. The van der Waals surface area contributed by atoms with E-state index in [2.05, 4.69) is 25.5 Å². The summed E-state index contributed by atoms with van der Waals surface area (Å²) in [7, 11) is -2.71. The van der Waals surface area contributed by atoms with Crippen molar-refractivity contribution in [2.24, 2.45) is 0 Å². The van der Waals surface area contributed by atoms with E-state index in [0.29, 0.717) is 46.5 Å². The van der Waals surface area contributed by atoms with E-state index < -0.39 is 24.9 Å². The van der Waals surface area contributed by atoms with Crippen LogP contribution in [0.5, 0.6) is 0 Å². The highest BCUT2D eigenvalue weighted by Crippen LogP contribution is 2.42. The minimum atomic E-state index is -4.44. The second kappa shape index (κ2) is 10.2. The van der Waals surface area contributed by atoms with Crippen LogP contribution in [0.4, 0.5) is 24.7 Å². The molecule has 1 saturated heterocycles. The number of amides is 1. The Balaban J connectivity index is 1.79. The van der Waals surface area contributed by atoms with E-state index in [-0.39, 0.29) is 17.5 Å². The Labute approximate surface area is 220 Å². The molecule has 0 aliphatic carbocycles. The van der Waals surface area contributed by atoms with Gasteiger partial charge in [-0.1, -0.05) is 12.1 Å². The van der Waals surface area contributed by atoms with Crippen LogP contribution < -0.4 is 20.8 Å². The highest BCUT2D eigenvalue weighted by molar-refractivity contribution is 7.70. The number of halogens is 3. The zero-order valence-electron chi connectivity index (χ0n) is 22.4. The molecule has 7 nitrogen and oxygen atoms in total. The molecular formula is C27H33F3N5O2P. The van der Waals surface area contributed by atoms with Crippen molar-refractivity contribution in [3.8, 4) is 0 Å². The minimum absolute atomic E-state index is 0.0140. The van der Waals surface area contributed by atoms with Gasteiger partial charge in [0.2, 0.25) is 5.91 Å². The molecule has 204 valence electrons. The van der Waals surface area contributed by atoms with Crippen LogP contribution in [0, 0.1) is 13.8 Å². The fourth-order valence-corrected chi connectivity index (χ4v) is 6.35. The summed E-state index contributed by atoms with van der Waals surface area (Å²) in [5.74, 6) is 0.881. The first-order chi connectivity index (χ1) is 17.6. The van der Waals surface area contributed by atoms with Crippen molar-refractivity contribution in [1.82, 2.24) is 15.3 Å². The summed E-state index contributed by atoms with van der Waals surface area (Å²) in [4.78, 5) is 22.9. The molecular weight excluding hydrogens is 514 g/mol. The lowest BCUT2D eigenvalue weighted by Gasteiger charge is -2.26. The van der Waals surface area contributed by atoms with E-state index >= 15 is 0 Å².